The molecule has 0 N–H and O–H groups in total. The van der Waals surface area contributed by atoms with E-state index in [2.05, 4.69) is 9.72 Å². The number of esters is 1. The van der Waals surface area contributed by atoms with Crippen LogP contribution in [0.3, 0.4) is 0 Å². The number of rotatable bonds is 2. The second-order valence-electron chi connectivity index (χ2n) is 3.10. The van der Waals surface area contributed by atoms with E-state index in [9.17, 15) is 18.0 Å². The first-order chi connectivity index (χ1) is 7.95. The standard InChI is InChI=1S/C9H7F3N2O2S/c1-2-16-8(15)6-7(9(10,11)12)17-5-3-13-4-14(5)6/h3-4H,2H2,1H3. The molecular weight excluding hydrogens is 257 g/mol. The Morgan fingerprint density at radius 2 is 2.29 bits per heavy atom. The maximum atomic E-state index is 12.7. The van der Waals surface area contributed by atoms with E-state index in [-0.39, 0.29) is 11.4 Å². The van der Waals surface area contributed by atoms with Gasteiger partial charge >= 0.3 is 12.1 Å². The summed E-state index contributed by atoms with van der Waals surface area (Å²) in [6, 6.07) is 0. The summed E-state index contributed by atoms with van der Waals surface area (Å²) in [5.41, 5.74) is -0.517. The molecule has 2 aromatic rings. The number of aromatic nitrogens is 2. The number of hydrogen-bond acceptors (Lipinski definition) is 4. The molecule has 0 saturated heterocycles. The molecule has 0 atom stereocenters. The van der Waals surface area contributed by atoms with Gasteiger partial charge in [0.15, 0.2) is 5.69 Å². The van der Waals surface area contributed by atoms with Crippen LogP contribution in [-0.4, -0.2) is 22.0 Å². The van der Waals surface area contributed by atoms with Gasteiger partial charge in [-0.25, -0.2) is 9.78 Å². The number of thiazole rings is 1. The van der Waals surface area contributed by atoms with E-state index >= 15 is 0 Å². The van der Waals surface area contributed by atoms with Crippen molar-refractivity contribution < 1.29 is 22.7 Å². The minimum Gasteiger partial charge on any atom is -0.461 e. The molecule has 0 aliphatic rings. The molecule has 0 fully saturated rings. The second-order valence-corrected chi connectivity index (χ2v) is 4.13. The molecule has 2 aromatic heterocycles. The van der Waals surface area contributed by atoms with Crippen molar-refractivity contribution in [3.63, 3.8) is 0 Å². The predicted octanol–water partition coefficient (Wildman–Crippen LogP) is 2.59. The summed E-state index contributed by atoms with van der Waals surface area (Å²) in [6.07, 6.45) is -2.15. The Hall–Kier alpha value is -1.57. The third kappa shape index (κ3) is 1.99. The summed E-state index contributed by atoms with van der Waals surface area (Å²) in [5.74, 6) is -0.996. The van der Waals surface area contributed by atoms with Crippen LogP contribution in [0.15, 0.2) is 12.5 Å². The number of halogens is 3. The SMILES string of the molecule is CCOC(=O)c1c(C(F)(F)F)sc2cncn12. The molecule has 2 rings (SSSR count). The van der Waals surface area contributed by atoms with E-state index in [1.54, 1.807) is 0 Å². The van der Waals surface area contributed by atoms with E-state index in [4.69, 9.17) is 0 Å². The van der Waals surface area contributed by atoms with Crippen molar-refractivity contribution in [3.8, 4) is 0 Å². The lowest BCUT2D eigenvalue weighted by Gasteiger charge is -2.06. The van der Waals surface area contributed by atoms with Gasteiger partial charge in [-0.2, -0.15) is 13.2 Å². The molecule has 0 spiro atoms. The molecule has 0 unspecified atom stereocenters. The molecule has 92 valence electrons. The van der Waals surface area contributed by atoms with Gasteiger partial charge in [-0.05, 0) is 6.92 Å². The van der Waals surface area contributed by atoms with Crippen molar-refractivity contribution in [1.29, 1.82) is 0 Å². The fourth-order valence-electron chi connectivity index (χ4n) is 1.37. The van der Waals surface area contributed by atoms with E-state index in [0.29, 0.717) is 11.3 Å². The molecule has 0 saturated carbocycles. The zero-order valence-electron chi connectivity index (χ0n) is 8.61. The number of hydrogen-bond donors (Lipinski definition) is 0. The Balaban J connectivity index is 2.63. The van der Waals surface area contributed by atoms with Crippen LogP contribution in [0.5, 0.6) is 0 Å². The van der Waals surface area contributed by atoms with Crippen molar-refractivity contribution in [2.45, 2.75) is 13.1 Å². The zero-order chi connectivity index (χ0) is 12.6. The summed E-state index contributed by atoms with van der Waals surface area (Å²) in [7, 11) is 0. The Morgan fingerprint density at radius 1 is 1.59 bits per heavy atom. The lowest BCUT2D eigenvalue weighted by atomic mass is 10.3. The number of fused-ring (bicyclic) bond motifs is 1. The van der Waals surface area contributed by atoms with Crippen LogP contribution in [-0.2, 0) is 10.9 Å². The molecule has 8 heteroatoms. The van der Waals surface area contributed by atoms with Crippen molar-refractivity contribution in [3.05, 3.63) is 23.1 Å². The van der Waals surface area contributed by atoms with Crippen LogP contribution in [0, 0.1) is 0 Å². The molecule has 0 aliphatic heterocycles. The van der Waals surface area contributed by atoms with Crippen molar-refractivity contribution in [2.24, 2.45) is 0 Å². The van der Waals surface area contributed by atoms with Crippen LogP contribution in [0.1, 0.15) is 22.3 Å². The Labute approximate surface area is 97.6 Å². The van der Waals surface area contributed by atoms with Gasteiger partial charge in [0.05, 0.1) is 12.8 Å². The van der Waals surface area contributed by atoms with E-state index in [1.165, 1.54) is 13.1 Å². The fraction of sp³-hybridized carbons (Fsp3) is 0.333. The number of ether oxygens (including phenoxy) is 1. The van der Waals surface area contributed by atoms with Crippen LogP contribution in [0.25, 0.3) is 4.83 Å². The first-order valence-electron chi connectivity index (χ1n) is 4.64. The summed E-state index contributed by atoms with van der Waals surface area (Å²) in [5, 5.41) is 0. The third-order valence-electron chi connectivity index (χ3n) is 1.99. The highest BCUT2D eigenvalue weighted by atomic mass is 32.1. The van der Waals surface area contributed by atoms with Crippen molar-refractivity contribution >= 4 is 22.1 Å². The van der Waals surface area contributed by atoms with E-state index in [1.807, 2.05) is 0 Å². The number of alkyl halides is 3. The average molecular weight is 264 g/mol. The van der Waals surface area contributed by atoms with Gasteiger partial charge in [0.2, 0.25) is 0 Å². The van der Waals surface area contributed by atoms with Crippen LogP contribution in [0.2, 0.25) is 0 Å². The largest absolute Gasteiger partial charge is 0.461 e. The molecule has 2 heterocycles. The summed E-state index contributed by atoms with van der Waals surface area (Å²) in [6.45, 7) is 1.55. The molecule has 0 amide bonds. The summed E-state index contributed by atoms with van der Waals surface area (Å²) >= 11 is 0.466. The molecule has 0 radical (unpaired) electrons. The maximum absolute atomic E-state index is 12.7. The molecule has 0 aromatic carbocycles. The topological polar surface area (TPSA) is 43.6 Å². The van der Waals surface area contributed by atoms with E-state index < -0.39 is 22.7 Å². The van der Waals surface area contributed by atoms with Gasteiger partial charge < -0.3 is 4.74 Å². The number of nitrogens with zero attached hydrogens (tertiary/aromatic N) is 2. The minimum atomic E-state index is -4.58. The molecule has 0 bridgehead atoms. The summed E-state index contributed by atoms with van der Waals surface area (Å²) in [4.78, 5) is 14.5. The van der Waals surface area contributed by atoms with Crippen LogP contribution in [0.4, 0.5) is 13.2 Å². The number of carbonyl (C=O) groups is 1. The highest BCUT2D eigenvalue weighted by Gasteiger charge is 2.40. The maximum Gasteiger partial charge on any atom is 0.427 e. The smallest absolute Gasteiger partial charge is 0.427 e. The van der Waals surface area contributed by atoms with Gasteiger partial charge in [-0.15, -0.1) is 11.3 Å². The fourth-order valence-corrected chi connectivity index (χ4v) is 2.32. The summed E-state index contributed by atoms with van der Waals surface area (Å²) < 4.78 is 43.9. The van der Waals surface area contributed by atoms with Gasteiger partial charge in [-0.1, -0.05) is 0 Å². The Bertz CT molecular complexity index is 558. The number of imidazole rings is 1. The predicted molar refractivity (Wildman–Crippen MR) is 54.0 cm³/mol. The quantitative estimate of drug-likeness (QED) is 0.783. The van der Waals surface area contributed by atoms with Crippen molar-refractivity contribution in [2.75, 3.05) is 6.61 Å². The first-order valence-corrected chi connectivity index (χ1v) is 5.46. The zero-order valence-corrected chi connectivity index (χ0v) is 9.43. The first kappa shape index (κ1) is 11.9. The second kappa shape index (κ2) is 4.02. The molecule has 0 aliphatic carbocycles. The number of carbonyl (C=O) groups excluding carboxylic acids is 1. The minimum absolute atomic E-state index is 0.0160. The van der Waals surface area contributed by atoms with Crippen LogP contribution < -0.4 is 0 Å². The monoisotopic (exact) mass is 264 g/mol. The van der Waals surface area contributed by atoms with E-state index in [0.717, 1.165) is 10.7 Å². The molecule has 4 nitrogen and oxygen atoms in total. The van der Waals surface area contributed by atoms with Crippen LogP contribution >= 0.6 is 11.3 Å². The molecule has 17 heavy (non-hydrogen) atoms. The molecular formula is C9H7F3N2O2S. The normalized spacial score (nSPS) is 12.0. The van der Waals surface area contributed by atoms with Gasteiger partial charge in [0, 0.05) is 0 Å². The highest BCUT2D eigenvalue weighted by Crippen LogP contribution is 2.38. The Morgan fingerprint density at radius 3 is 2.88 bits per heavy atom. The van der Waals surface area contributed by atoms with Crippen molar-refractivity contribution in [1.82, 2.24) is 9.38 Å². The average Bonchev–Trinajstić information content (AvgIpc) is 2.73. The third-order valence-corrected chi connectivity index (χ3v) is 3.13. The van der Waals surface area contributed by atoms with Gasteiger partial charge in [-0.3, -0.25) is 4.40 Å². The van der Waals surface area contributed by atoms with Gasteiger partial charge in [0.25, 0.3) is 0 Å². The lowest BCUT2D eigenvalue weighted by molar-refractivity contribution is -0.135. The van der Waals surface area contributed by atoms with Gasteiger partial charge in [0.1, 0.15) is 16.0 Å². The highest BCUT2D eigenvalue weighted by molar-refractivity contribution is 7.17. The lowest BCUT2D eigenvalue weighted by Crippen LogP contribution is -2.15. The Kier molecular flexibility index (Phi) is 2.82.